The van der Waals surface area contributed by atoms with Gasteiger partial charge in [0, 0.05) is 6.20 Å². The summed E-state index contributed by atoms with van der Waals surface area (Å²) >= 11 is 0. The van der Waals surface area contributed by atoms with Gasteiger partial charge in [0.05, 0.1) is 16.4 Å². The molecule has 0 aliphatic rings. The summed E-state index contributed by atoms with van der Waals surface area (Å²) in [4.78, 5) is 8.26. The van der Waals surface area contributed by atoms with E-state index in [2.05, 4.69) is 23.1 Å². The zero-order valence-corrected chi connectivity index (χ0v) is 8.54. The Morgan fingerprint density at radius 1 is 1.38 bits per heavy atom. The van der Waals surface area contributed by atoms with Gasteiger partial charge in [-0.3, -0.25) is 9.97 Å². The van der Waals surface area contributed by atoms with Gasteiger partial charge in [-0.25, -0.2) is 0 Å². The van der Waals surface area contributed by atoms with E-state index in [1.807, 2.05) is 20.8 Å². The maximum atomic E-state index is 4.14. The molecule has 0 amide bonds. The molecule has 70 valence electrons. The molecule has 0 aliphatic carbocycles. The zero-order chi connectivity index (χ0) is 10.3. The summed E-state index contributed by atoms with van der Waals surface area (Å²) in [6, 6.07) is 0. The van der Waals surface area contributed by atoms with Crippen LogP contribution in [-0.4, -0.2) is 9.97 Å². The Labute approximate surface area is 79.4 Å². The van der Waals surface area contributed by atoms with Crippen molar-refractivity contribution in [3.05, 3.63) is 35.2 Å². The smallest absolute Gasteiger partial charge is 0.0880 e. The molecule has 0 saturated carbocycles. The number of aromatic nitrogens is 2. The van der Waals surface area contributed by atoms with Crippen LogP contribution in [0.5, 0.6) is 0 Å². The monoisotopic (exact) mass is 176 g/mol. The van der Waals surface area contributed by atoms with Crippen molar-refractivity contribution >= 4 is 12.7 Å². The van der Waals surface area contributed by atoms with Crippen molar-refractivity contribution in [1.29, 1.82) is 0 Å². The first-order chi connectivity index (χ1) is 6.24. The average molecular weight is 176 g/mol. The van der Waals surface area contributed by atoms with E-state index in [4.69, 9.17) is 0 Å². The van der Waals surface area contributed by atoms with E-state index in [0.29, 0.717) is 5.35 Å². The van der Waals surface area contributed by atoms with Crippen molar-refractivity contribution in [2.45, 2.75) is 20.8 Å². The van der Waals surface area contributed by atoms with Gasteiger partial charge in [-0.15, -0.1) is 0 Å². The Bertz CT molecular complexity index is 366. The summed E-state index contributed by atoms with van der Waals surface area (Å²) in [7, 11) is 0. The van der Waals surface area contributed by atoms with Gasteiger partial charge < -0.3 is 0 Å². The van der Waals surface area contributed by atoms with Gasteiger partial charge in [0.1, 0.15) is 0 Å². The summed E-state index contributed by atoms with van der Waals surface area (Å²) in [5, 5.41) is 1.48. The predicted molar refractivity (Wildman–Crippen MR) is 57.6 cm³/mol. The first-order valence-corrected chi connectivity index (χ1v) is 4.35. The van der Waals surface area contributed by atoms with E-state index in [0.717, 1.165) is 11.0 Å². The second-order valence-corrected chi connectivity index (χ2v) is 2.25. The van der Waals surface area contributed by atoms with Crippen LogP contribution in [0.3, 0.4) is 0 Å². The fraction of sp³-hybridized carbons (Fsp3) is 0.273. The van der Waals surface area contributed by atoms with E-state index in [-0.39, 0.29) is 0 Å². The Morgan fingerprint density at radius 3 is 2.46 bits per heavy atom. The maximum Gasteiger partial charge on any atom is 0.0880 e. The van der Waals surface area contributed by atoms with E-state index < -0.39 is 0 Å². The summed E-state index contributed by atoms with van der Waals surface area (Å²) in [5.74, 6) is 0. The van der Waals surface area contributed by atoms with Gasteiger partial charge >= 0.3 is 0 Å². The Morgan fingerprint density at radius 2 is 2.00 bits per heavy atom. The standard InChI is InChI=1S/C9H10N2.C2H6/c1-4-5-9-8(3)11-7(2)6-10-9;1-2/h4-6H,1,3H2,2H3;1-2H3/b9-5+;. The van der Waals surface area contributed by atoms with Crippen LogP contribution in [-0.2, 0) is 0 Å². The molecular formula is C11H16N2. The molecule has 1 heterocycles. The van der Waals surface area contributed by atoms with Crippen molar-refractivity contribution in [3.63, 3.8) is 0 Å². The van der Waals surface area contributed by atoms with E-state index in [1.54, 1.807) is 18.3 Å². The van der Waals surface area contributed by atoms with Crippen molar-refractivity contribution in [2.24, 2.45) is 0 Å². The summed E-state index contributed by atoms with van der Waals surface area (Å²) in [6.45, 7) is 13.2. The average Bonchev–Trinajstić information content (AvgIpc) is 2.14. The molecule has 1 aromatic heterocycles. The van der Waals surface area contributed by atoms with Gasteiger partial charge in [-0.2, -0.15) is 0 Å². The Hall–Kier alpha value is -1.44. The van der Waals surface area contributed by atoms with Crippen LogP contribution in [0.25, 0.3) is 12.7 Å². The topological polar surface area (TPSA) is 25.8 Å². The highest BCUT2D eigenvalue weighted by Crippen LogP contribution is 1.75. The molecule has 0 radical (unpaired) electrons. The molecule has 0 atom stereocenters. The van der Waals surface area contributed by atoms with Crippen molar-refractivity contribution in [1.82, 2.24) is 9.97 Å². The number of allylic oxidation sites excluding steroid dienone is 1. The first-order valence-electron chi connectivity index (χ1n) is 4.35. The molecule has 0 aliphatic heterocycles. The fourth-order valence-electron chi connectivity index (χ4n) is 0.787. The maximum absolute atomic E-state index is 4.14. The fourth-order valence-corrected chi connectivity index (χ4v) is 0.787. The molecule has 0 fully saturated rings. The molecule has 0 spiro atoms. The molecule has 0 bridgehead atoms. The van der Waals surface area contributed by atoms with Crippen LogP contribution in [0, 0.1) is 6.92 Å². The lowest BCUT2D eigenvalue weighted by Crippen LogP contribution is -2.30. The third-order valence-electron chi connectivity index (χ3n) is 1.27. The highest BCUT2D eigenvalue weighted by molar-refractivity contribution is 5.32. The van der Waals surface area contributed by atoms with E-state index in [9.17, 15) is 0 Å². The lowest BCUT2D eigenvalue weighted by molar-refractivity contribution is 1.04. The van der Waals surface area contributed by atoms with Gasteiger partial charge in [0.2, 0.25) is 0 Å². The lowest BCUT2D eigenvalue weighted by atomic mass is 10.4. The minimum absolute atomic E-state index is 0.699. The van der Waals surface area contributed by atoms with Crippen molar-refractivity contribution in [2.75, 3.05) is 0 Å². The molecule has 0 unspecified atom stereocenters. The summed E-state index contributed by atoms with van der Waals surface area (Å²) < 4.78 is 0. The number of hydrogen-bond donors (Lipinski definition) is 0. The summed E-state index contributed by atoms with van der Waals surface area (Å²) in [5.41, 5.74) is 0.885. The molecule has 1 rings (SSSR count). The number of aryl methyl sites for hydroxylation is 1. The second-order valence-electron chi connectivity index (χ2n) is 2.25. The van der Waals surface area contributed by atoms with Crippen LogP contribution >= 0.6 is 0 Å². The van der Waals surface area contributed by atoms with Crippen LogP contribution in [0.1, 0.15) is 19.5 Å². The van der Waals surface area contributed by atoms with Gasteiger partial charge in [-0.05, 0) is 13.0 Å². The Kier molecular flexibility index (Phi) is 5.44. The number of nitrogens with zero attached hydrogens (tertiary/aromatic N) is 2. The minimum Gasteiger partial charge on any atom is -0.253 e. The largest absolute Gasteiger partial charge is 0.253 e. The van der Waals surface area contributed by atoms with Crippen LogP contribution in [0.4, 0.5) is 0 Å². The van der Waals surface area contributed by atoms with Crippen LogP contribution < -0.4 is 10.7 Å². The first kappa shape index (κ1) is 11.6. The molecule has 1 aromatic rings. The molecule has 2 heteroatoms. The Balaban J connectivity index is 0.000000671. The van der Waals surface area contributed by atoms with E-state index >= 15 is 0 Å². The van der Waals surface area contributed by atoms with Crippen LogP contribution in [0.2, 0.25) is 0 Å². The molecule has 13 heavy (non-hydrogen) atoms. The van der Waals surface area contributed by atoms with Crippen molar-refractivity contribution < 1.29 is 0 Å². The SMILES string of the molecule is C=C/C=c1/ncc(C)nc1=C.CC. The normalized spacial score (nSPS) is 10.2. The highest BCUT2D eigenvalue weighted by Gasteiger charge is 1.85. The summed E-state index contributed by atoms with van der Waals surface area (Å²) in [6.07, 6.45) is 5.17. The van der Waals surface area contributed by atoms with E-state index in [1.165, 1.54) is 0 Å². The van der Waals surface area contributed by atoms with Crippen LogP contribution in [0.15, 0.2) is 18.9 Å². The van der Waals surface area contributed by atoms with Gasteiger partial charge in [-0.1, -0.05) is 33.1 Å². The minimum atomic E-state index is 0.699. The quantitative estimate of drug-likeness (QED) is 0.642. The molecular weight excluding hydrogens is 160 g/mol. The predicted octanol–water partition coefficient (Wildman–Crippen LogP) is 1.19. The molecule has 0 aromatic carbocycles. The lowest BCUT2D eigenvalue weighted by Gasteiger charge is -1.89. The highest BCUT2D eigenvalue weighted by atomic mass is 14.8. The molecule has 0 N–H and O–H groups in total. The third kappa shape index (κ3) is 3.65. The molecule has 2 nitrogen and oxygen atoms in total. The molecule has 0 saturated heterocycles. The number of rotatable bonds is 1. The van der Waals surface area contributed by atoms with Gasteiger partial charge in [0.15, 0.2) is 0 Å². The van der Waals surface area contributed by atoms with Crippen molar-refractivity contribution in [3.8, 4) is 0 Å². The second kappa shape index (κ2) is 6.12. The third-order valence-corrected chi connectivity index (χ3v) is 1.27. The zero-order valence-electron chi connectivity index (χ0n) is 8.54. The number of hydrogen-bond acceptors (Lipinski definition) is 2. The van der Waals surface area contributed by atoms with Gasteiger partial charge in [0.25, 0.3) is 0 Å².